The van der Waals surface area contributed by atoms with E-state index in [1.54, 1.807) is 11.8 Å². The van der Waals surface area contributed by atoms with E-state index >= 15 is 0 Å². The number of ether oxygens (including phenoxy) is 1. The minimum absolute atomic E-state index is 0.110. The van der Waals surface area contributed by atoms with Gasteiger partial charge in [-0.3, -0.25) is 9.89 Å². The first-order valence-electron chi connectivity index (χ1n) is 7.64. The lowest BCUT2D eigenvalue weighted by Gasteiger charge is -2.39. The SMILES string of the molecule is CCCNC1(C(=O)OCC)CCCC(Sc2ncn[nH]2)C1. The maximum Gasteiger partial charge on any atom is 0.326 e. The summed E-state index contributed by atoms with van der Waals surface area (Å²) in [6, 6.07) is 0. The minimum Gasteiger partial charge on any atom is -0.465 e. The number of hydrogen-bond acceptors (Lipinski definition) is 6. The zero-order chi connectivity index (χ0) is 15.1. The molecule has 0 saturated heterocycles. The molecule has 0 spiro atoms. The lowest BCUT2D eigenvalue weighted by atomic mass is 9.81. The molecule has 2 N–H and O–H groups in total. The molecule has 0 amide bonds. The molecule has 2 atom stereocenters. The van der Waals surface area contributed by atoms with Crippen LogP contribution in [0, 0.1) is 0 Å². The second-order valence-electron chi connectivity index (χ2n) is 5.36. The summed E-state index contributed by atoms with van der Waals surface area (Å²) in [5, 5.41) is 11.4. The van der Waals surface area contributed by atoms with E-state index in [2.05, 4.69) is 27.4 Å². The largest absolute Gasteiger partial charge is 0.465 e. The number of rotatable bonds is 7. The van der Waals surface area contributed by atoms with E-state index < -0.39 is 5.54 Å². The Balaban J connectivity index is 2.05. The van der Waals surface area contributed by atoms with Crippen LogP contribution in [-0.2, 0) is 9.53 Å². The van der Waals surface area contributed by atoms with Crippen molar-refractivity contribution < 1.29 is 9.53 Å². The third-order valence-corrected chi connectivity index (χ3v) is 4.91. The van der Waals surface area contributed by atoms with Crippen molar-refractivity contribution >= 4 is 17.7 Å². The van der Waals surface area contributed by atoms with Crippen molar-refractivity contribution in [1.29, 1.82) is 0 Å². The number of aromatic amines is 1. The molecule has 0 radical (unpaired) electrons. The fourth-order valence-corrected chi connectivity index (χ4v) is 3.97. The van der Waals surface area contributed by atoms with Gasteiger partial charge < -0.3 is 10.1 Å². The molecular weight excluding hydrogens is 288 g/mol. The lowest BCUT2D eigenvalue weighted by molar-refractivity contribution is -0.152. The summed E-state index contributed by atoms with van der Waals surface area (Å²) in [5.74, 6) is -0.110. The summed E-state index contributed by atoms with van der Waals surface area (Å²) in [6.45, 7) is 5.22. The van der Waals surface area contributed by atoms with Crippen LogP contribution in [-0.4, -0.2) is 45.1 Å². The van der Waals surface area contributed by atoms with E-state index in [1.165, 1.54) is 6.33 Å². The molecule has 7 heteroatoms. The van der Waals surface area contributed by atoms with Crippen LogP contribution >= 0.6 is 11.8 Å². The Labute approximate surface area is 129 Å². The van der Waals surface area contributed by atoms with Gasteiger partial charge in [0, 0.05) is 5.25 Å². The van der Waals surface area contributed by atoms with Gasteiger partial charge in [-0.05, 0) is 45.6 Å². The maximum absolute atomic E-state index is 12.4. The Kier molecular flexibility index (Phi) is 6.05. The highest BCUT2D eigenvalue weighted by molar-refractivity contribution is 7.99. The minimum atomic E-state index is -0.540. The molecule has 21 heavy (non-hydrogen) atoms. The van der Waals surface area contributed by atoms with Gasteiger partial charge in [0.05, 0.1) is 6.61 Å². The van der Waals surface area contributed by atoms with Crippen molar-refractivity contribution in [2.45, 2.75) is 61.9 Å². The van der Waals surface area contributed by atoms with Gasteiger partial charge in [0.15, 0.2) is 5.16 Å². The third-order valence-electron chi connectivity index (χ3n) is 3.76. The maximum atomic E-state index is 12.4. The van der Waals surface area contributed by atoms with Gasteiger partial charge in [-0.2, -0.15) is 5.10 Å². The fourth-order valence-electron chi connectivity index (χ4n) is 2.79. The van der Waals surface area contributed by atoms with Gasteiger partial charge in [-0.15, -0.1) is 0 Å². The van der Waals surface area contributed by atoms with Crippen LogP contribution in [0.15, 0.2) is 11.5 Å². The molecule has 2 rings (SSSR count). The molecule has 1 saturated carbocycles. The van der Waals surface area contributed by atoms with E-state index in [0.717, 1.165) is 43.8 Å². The Morgan fingerprint density at radius 1 is 1.62 bits per heavy atom. The number of nitrogens with zero attached hydrogens (tertiary/aromatic N) is 2. The number of carbonyl (C=O) groups is 1. The summed E-state index contributed by atoms with van der Waals surface area (Å²) in [4.78, 5) is 16.6. The van der Waals surface area contributed by atoms with E-state index in [0.29, 0.717) is 11.9 Å². The van der Waals surface area contributed by atoms with E-state index in [1.807, 2.05) is 6.92 Å². The molecule has 1 aromatic heterocycles. The summed E-state index contributed by atoms with van der Waals surface area (Å²) in [6.07, 6.45) is 6.23. The average Bonchev–Trinajstić information content (AvgIpc) is 2.98. The van der Waals surface area contributed by atoms with E-state index in [4.69, 9.17) is 4.74 Å². The second-order valence-corrected chi connectivity index (χ2v) is 6.65. The van der Waals surface area contributed by atoms with E-state index in [-0.39, 0.29) is 5.97 Å². The van der Waals surface area contributed by atoms with Crippen LogP contribution in [0.2, 0.25) is 0 Å². The van der Waals surface area contributed by atoms with Gasteiger partial charge in [-0.1, -0.05) is 18.7 Å². The standard InChI is InChI=1S/C14H24N4O2S/c1-3-8-16-14(12(19)20-4-2)7-5-6-11(9-14)21-13-15-10-17-18-13/h10-11,16H,3-9H2,1-2H3,(H,15,17,18). The monoisotopic (exact) mass is 312 g/mol. The molecule has 0 aliphatic heterocycles. The van der Waals surface area contributed by atoms with Gasteiger partial charge in [0.25, 0.3) is 0 Å². The molecule has 1 aliphatic rings. The third kappa shape index (κ3) is 4.20. The van der Waals surface area contributed by atoms with Crippen molar-refractivity contribution in [2.75, 3.05) is 13.2 Å². The number of aromatic nitrogens is 3. The fraction of sp³-hybridized carbons (Fsp3) is 0.786. The first-order chi connectivity index (χ1) is 10.2. The first kappa shape index (κ1) is 16.3. The molecule has 0 aromatic carbocycles. The highest BCUT2D eigenvalue weighted by Crippen LogP contribution is 2.37. The van der Waals surface area contributed by atoms with Crippen molar-refractivity contribution in [1.82, 2.24) is 20.5 Å². The van der Waals surface area contributed by atoms with Gasteiger partial charge >= 0.3 is 5.97 Å². The van der Waals surface area contributed by atoms with Gasteiger partial charge in [0.2, 0.25) is 0 Å². The highest BCUT2D eigenvalue weighted by Gasteiger charge is 2.43. The number of esters is 1. The number of hydrogen-bond donors (Lipinski definition) is 2. The predicted octanol–water partition coefficient (Wildman–Crippen LogP) is 2.14. The summed E-state index contributed by atoms with van der Waals surface area (Å²) in [5.41, 5.74) is -0.540. The quantitative estimate of drug-likeness (QED) is 0.751. The molecular formula is C14H24N4O2S. The molecule has 2 unspecified atom stereocenters. The zero-order valence-corrected chi connectivity index (χ0v) is 13.5. The number of nitrogens with one attached hydrogen (secondary N) is 2. The van der Waals surface area contributed by atoms with Crippen LogP contribution in [0.3, 0.4) is 0 Å². The summed E-state index contributed by atoms with van der Waals surface area (Å²) >= 11 is 1.67. The lowest BCUT2D eigenvalue weighted by Crippen LogP contribution is -2.56. The van der Waals surface area contributed by atoms with Crippen molar-refractivity contribution in [3.8, 4) is 0 Å². The molecule has 1 aromatic rings. The van der Waals surface area contributed by atoms with E-state index in [9.17, 15) is 4.79 Å². The Morgan fingerprint density at radius 2 is 2.48 bits per heavy atom. The van der Waals surface area contributed by atoms with Crippen LogP contribution in [0.25, 0.3) is 0 Å². The molecule has 1 fully saturated rings. The molecule has 1 aliphatic carbocycles. The number of thioether (sulfide) groups is 1. The number of carbonyl (C=O) groups excluding carboxylic acids is 1. The number of H-pyrrole nitrogens is 1. The highest BCUT2D eigenvalue weighted by atomic mass is 32.2. The second kappa shape index (κ2) is 7.79. The predicted molar refractivity (Wildman–Crippen MR) is 82.2 cm³/mol. The topological polar surface area (TPSA) is 79.9 Å². The zero-order valence-electron chi connectivity index (χ0n) is 12.7. The van der Waals surface area contributed by atoms with Crippen molar-refractivity contribution in [3.63, 3.8) is 0 Å². The molecule has 6 nitrogen and oxygen atoms in total. The van der Waals surface area contributed by atoms with Crippen molar-refractivity contribution in [3.05, 3.63) is 6.33 Å². The van der Waals surface area contributed by atoms with Crippen LogP contribution in [0.5, 0.6) is 0 Å². The van der Waals surface area contributed by atoms with Gasteiger partial charge in [-0.25, -0.2) is 4.98 Å². The molecule has 118 valence electrons. The normalized spacial score (nSPS) is 25.7. The Morgan fingerprint density at radius 3 is 3.14 bits per heavy atom. The van der Waals surface area contributed by atoms with Crippen LogP contribution in [0.1, 0.15) is 46.0 Å². The smallest absolute Gasteiger partial charge is 0.326 e. The first-order valence-corrected chi connectivity index (χ1v) is 8.52. The Hall–Kier alpha value is -1.08. The summed E-state index contributed by atoms with van der Waals surface area (Å²) < 4.78 is 5.32. The van der Waals surface area contributed by atoms with Crippen LogP contribution < -0.4 is 5.32 Å². The summed E-state index contributed by atoms with van der Waals surface area (Å²) in [7, 11) is 0. The average molecular weight is 312 g/mol. The molecule has 0 bridgehead atoms. The van der Waals surface area contributed by atoms with Gasteiger partial charge in [0.1, 0.15) is 11.9 Å². The molecule has 1 heterocycles. The van der Waals surface area contributed by atoms with Crippen LogP contribution in [0.4, 0.5) is 0 Å². The van der Waals surface area contributed by atoms with Crippen molar-refractivity contribution in [2.24, 2.45) is 0 Å². The Bertz CT molecular complexity index is 440.